The Bertz CT molecular complexity index is 1120. The molecule has 5 rings (SSSR count). The largest absolute Gasteiger partial charge is 0.383 e. The third-order valence-corrected chi connectivity index (χ3v) is 6.26. The molecule has 2 atom stereocenters. The Morgan fingerprint density at radius 3 is 2.96 bits per heavy atom. The number of nitriles is 1. The molecule has 2 aliphatic rings. The number of hydrogen-bond donors (Lipinski definition) is 3. The molecular weight excluding hydrogens is 350 g/mol. The summed E-state index contributed by atoms with van der Waals surface area (Å²) < 4.78 is 0. The summed E-state index contributed by atoms with van der Waals surface area (Å²) in [6.45, 7) is 3.86. The van der Waals surface area contributed by atoms with Crippen LogP contribution in [0.2, 0.25) is 0 Å². The topological polar surface area (TPSA) is 87.7 Å². The molecule has 3 aromatic rings. The lowest BCUT2D eigenvalue weighted by molar-refractivity contribution is 0.154. The molecule has 0 bridgehead atoms. The number of likely N-dealkylation sites (tertiary alicyclic amines) is 1. The number of aromatic amines is 2. The third kappa shape index (κ3) is 2.88. The van der Waals surface area contributed by atoms with E-state index in [0.29, 0.717) is 11.8 Å². The average molecular weight is 373 g/mol. The molecule has 0 radical (unpaired) electrons. The van der Waals surface area contributed by atoms with Gasteiger partial charge in [-0.05, 0) is 48.6 Å². The fourth-order valence-corrected chi connectivity index (χ4v) is 4.97. The number of aromatic nitrogens is 2. The number of H-pyrrole nitrogens is 2. The standard InChI is InChI=1S/C22H23N5O/c23-10-14-4-1-7-17-18(11-24-20(14)17)15-6-3-9-27(12-15)13-16-5-2-8-19-21(16)26-22(28)25-19/h1-2,4-5,7-8,15,18,24H,3,6,9,11-13H2,(H2,25,26,28)/t15-,18?/m1/s1. The van der Waals surface area contributed by atoms with Gasteiger partial charge in [0.05, 0.1) is 22.3 Å². The number of benzene rings is 2. The zero-order chi connectivity index (χ0) is 19.1. The summed E-state index contributed by atoms with van der Waals surface area (Å²) in [6, 6.07) is 14.4. The lowest BCUT2D eigenvalue weighted by Crippen LogP contribution is -2.37. The van der Waals surface area contributed by atoms with Gasteiger partial charge in [-0.25, -0.2) is 4.79 Å². The van der Waals surface area contributed by atoms with Crippen molar-refractivity contribution >= 4 is 16.7 Å². The predicted octanol–water partition coefficient (Wildman–Crippen LogP) is 3.15. The van der Waals surface area contributed by atoms with Crippen molar-refractivity contribution in [3.05, 3.63) is 63.6 Å². The van der Waals surface area contributed by atoms with Gasteiger partial charge in [-0.2, -0.15) is 5.26 Å². The highest BCUT2D eigenvalue weighted by Gasteiger charge is 2.33. The molecule has 3 heterocycles. The Hall–Kier alpha value is -3.04. The van der Waals surface area contributed by atoms with Crippen LogP contribution in [0.4, 0.5) is 5.69 Å². The highest BCUT2D eigenvalue weighted by atomic mass is 16.1. The van der Waals surface area contributed by atoms with E-state index in [2.05, 4.69) is 38.4 Å². The van der Waals surface area contributed by atoms with Crippen molar-refractivity contribution in [2.75, 3.05) is 25.0 Å². The second-order valence-electron chi connectivity index (χ2n) is 7.93. The molecule has 0 spiro atoms. The van der Waals surface area contributed by atoms with Gasteiger partial charge in [0, 0.05) is 25.6 Å². The quantitative estimate of drug-likeness (QED) is 0.658. The molecule has 0 amide bonds. The van der Waals surface area contributed by atoms with Crippen molar-refractivity contribution in [2.24, 2.45) is 5.92 Å². The molecule has 6 nitrogen and oxygen atoms in total. The van der Waals surface area contributed by atoms with Crippen molar-refractivity contribution in [1.82, 2.24) is 14.9 Å². The molecule has 2 aromatic carbocycles. The predicted molar refractivity (Wildman–Crippen MR) is 109 cm³/mol. The summed E-state index contributed by atoms with van der Waals surface area (Å²) in [5.41, 5.74) is 5.87. The Morgan fingerprint density at radius 2 is 2.07 bits per heavy atom. The zero-order valence-corrected chi connectivity index (χ0v) is 15.7. The van der Waals surface area contributed by atoms with Crippen molar-refractivity contribution in [3.8, 4) is 6.07 Å². The fourth-order valence-electron chi connectivity index (χ4n) is 4.97. The Morgan fingerprint density at radius 1 is 1.18 bits per heavy atom. The van der Waals surface area contributed by atoms with E-state index in [0.717, 1.165) is 54.0 Å². The van der Waals surface area contributed by atoms with Crippen molar-refractivity contribution in [1.29, 1.82) is 5.26 Å². The summed E-state index contributed by atoms with van der Waals surface area (Å²) in [4.78, 5) is 20.0. The molecule has 0 aliphatic carbocycles. The number of nitrogens with zero attached hydrogens (tertiary/aromatic N) is 2. The minimum absolute atomic E-state index is 0.152. The zero-order valence-electron chi connectivity index (χ0n) is 15.7. The average Bonchev–Trinajstić information content (AvgIpc) is 3.31. The smallest absolute Gasteiger partial charge is 0.323 e. The second kappa shape index (κ2) is 6.84. The van der Waals surface area contributed by atoms with Gasteiger partial charge in [0.2, 0.25) is 0 Å². The minimum atomic E-state index is -0.152. The van der Waals surface area contributed by atoms with Gasteiger partial charge >= 0.3 is 5.69 Å². The first-order valence-electron chi connectivity index (χ1n) is 9.92. The van der Waals surface area contributed by atoms with Crippen LogP contribution in [0.5, 0.6) is 0 Å². The lowest BCUT2D eigenvalue weighted by atomic mass is 9.81. The first-order chi connectivity index (χ1) is 13.7. The van der Waals surface area contributed by atoms with Crippen LogP contribution < -0.4 is 11.0 Å². The Balaban J connectivity index is 1.37. The maximum absolute atomic E-state index is 11.7. The van der Waals surface area contributed by atoms with Crippen molar-refractivity contribution < 1.29 is 0 Å². The van der Waals surface area contributed by atoms with E-state index >= 15 is 0 Å². The second-order valence-corrected chi connectivity index (χ2v) is 7.93. The van der Waals surface area contributed by atoms with Crippen LogP contribution in [0.15, 0.2) is 41.2 Å². The molecule has 3 N–H and O–H groups in total. The number of imidazole rings is 1. The monoisotopic (exact) mass is 373 g/mol. The number of piperidine rings is 1. The van der Waals surface area contributed by atoms with E-state index in [1.54, 1.807) is 0 Å². The van der Waals surface area contributed by atoms with Gasteiger partial charge in [0.25, 0.3) is 0 Å². The first-order valence-corrected chi connectivity index (χ1v) is 9.92. The van der Waals surface area contributed by atoms with E-state index in [9.17, 15) is 10.1 Å². The molecule has 1 fully saturated rings. The van der Waals surface area contributed by atoms with E-state index in [4.69, 9.17) is 0 Å². The van der Waals surface area contributed by atoms with E-state index in [1.165, 1.54) is 18.4 Å². The van der Waals surface area contributed by atoms with Crippen LogP contribution in [0.3, 0.4) is 0 Å². The fraction of sp³-hybridized carbons (Fsp3) is 0.364. The van der Waals surface area contributed by atoms with Gasteiger partial charge in [-0.1, -0.05) is 24.3 Å². The minimum Gasteiger partial charge on any atom is -0.383 e. The summed E-state index contributed by atoms with van der Waals surface area (Å²) >= 11 is 0. The molecule has 1 saturated heterocycles. The normalized spacial score (nSPS) is 22.0. The summed E-state index contributed by atoms with van der Waals surface area (Å²) in [7, 11) is 0. The summed E-state index contributed by atoms with van der Waals surface area (Å²) in [6.07, 6.45) is 2.39. The van der Waals surface area contributed by atoms with Gasteiger partial charge in [-0.15, -0.1) is 0 Å². The molecule has 2 aliphatic heterocycles. The van der Waals surface area contributed by atoms with Crippen LogP contribution >= 0.6 is 0 Å². The maximum atomic E-state index is 11.7. The number of hydrogen-bond acceptors (Lipinski definition) is 4. The maximum Gasteiger partial charge on any atom is 0.323 e. The first kappa shape index (κ1) is 17.1. The summed E-state index contributed by atoms with van der Waals surface area (Å²) in [5, 5.41) is 12.8. The number of para-hydroxylation sites is 2. The molecule has 142 valence electrons. The molecule has 28 heavy (non-hydrogen) atoms. The van der Waals surface area contributed by atoms with E-state index in [1.807, 2.05) is 24.3 Å². The van der Waals surface area contributed by atoms with Crippen LogP contribution in [-0.2, 0) is 6.54 Å². The number of rotatable bonds is 3. The highest BCUT2D eigenvalue weighted by molar-refractivity contribution is 5.78. The van der Waals surface area contributed by atoms with Gasteiger partial charge in [0.1, 0.15) is 6.07 Å². The Kier molecular flexibility index (Phi) is 4.18. The van der Waals surface area contributed by atoms with Crippen molar-refractivity contribution in [2.45, 2.75) is 25.3 Å². The van der Waals surface area contributed by atoms with E-state index in [-0.39, 0.29) is 5.69 Å². The highest BCUT2D eigenvalue weighted by Crippen LogP contribution is 2.41. The molecular formula is C22H23N5O. The number of fused-ring (bicyclic) bond motifs is 2. The molecule has 0 saturated carbocycles. The third-order valence-electron chi connectivity index (χ3n) is 6.26. The van der Waals surface area contributed by atoms with Crippen LogP contribution in [-0.4, -0.2) is 34.5 Å². The summed E-state index contributed by atoms with van der Waals surface area (Å²) in [5.74, 6) is 1.02. The van der Waals surface area contributed by atoms with Gasteiger partial charge in [0.15, 0.2) is 0 Å². The molecule has 1 aromatic heterocycles. The van der Waals surface area contributed by atoms with Crippen molar-refractivity contribution in [3.63, 3.8) is 0 Å². The SMILES string of the molecule is N#Cc1cccc2c1NCC2[C@@H]1CCCN(Cc2cccc3[nH]c(=O)[nH]c23)C1. The van der Waals surface area contributed by atoms with E-state index < -0.39 is 0 Å². The number of anilines is 1. The van der Waals surface area contributed by atoms with Gasteiger partial charge < -0.3 is 15.3 Å². The number of nitrogens with one attached hydrogen (secondary N) is 3. The molecule has 1 unspecified atom stereocenters. The molecule has 6 heteroatoms. The lowest BCUT2D eigenvalue weighted by Gasteiger charge is -2.36. The van der Waals surface area contributed by atoms with Crippen LogP contribution in [0, 0.1) is 17.2 Å². The van der Waals surface area contributed by atoms with Crippen LogP contribution in [0.25, 0.3) is 11.0 Å². The Labute approximate surface area is 163 Å². The van der Waals surface area contributed by atoms with Gasteiger partial charge in [-0.3, -0.25) is 4.90 Å². The van der Waals surface area contributed by atoms with Crippen LogP contribution in [0.1, 0.15) is 35.4 Å².